The average molecular weight is 181 g/mol. The Morgan fingerprint density at radius 3 is 3.08 bits per heavy atom. The number of aromatic nitrogens is 4. The van der Waals surface area contributed by atoms with Gasteiger partial charge in [0.05, 0.1) is 6.54 Å². The van der Waals surface area contributed by atoms with Gasteiger partial charge in [0.2, 0.25) is 0 Å². The molecule has 0 aliphatic heterocycles. The SMILES string of the molecule is NCc1nnn(-c2cccs2)n1. The van der Waals surface area contributed by atoms with E-state index < -0.39 is 0 Å². The first kappa shape index (κ1) is 7.38. The molecular weight excluding hydrogens is 174 g/mol. The van der Waals surface area contributed by atoms with Crippen molar-refractivity contribution in [1.29, 1.82) is 0 Å². The third-order valence-electron chi connectivity index (χ3n) is 1.34. The van der Waals surface area contributed by atoms with Crippen LogP contribution in [0.4, 0.5) is 0 Å². The highest BCUT2D eigenvalue weighted by molar-refractivity contribution is 7.12. The van der Waals surface area contributed by atoms with Crippen molar-refractivity contribution in [2.24, 2.45) is 5.73 Å². The summed E-state index contributed by atoms with van der Waals surface area (Å²) in [6.45, 7) is 0.325. The lowest BCUT2D eigenvalue weighted by molar-refractivity contribution is 0.729. The zero-order valence-electron chi connectivity index (χ0n) is 6.21. The Balaban J connectivity index is 2.35. The molecule has 12 heavy (non-hydrogen) atoms. The highest BCUT2D eigenvalue weighted by Gasteiger charge is 2.02. The van der Waals surface area contributed by atoms with Gasteiger partial charge in [-0.2, -0.15) is 0 Å². The largest absolute Gasteiger partial charge is 0.324 e. The first-order chi connectivity index (χ1) is 5.90. The van der Waals surface area contributed by atoms with Crippen LogP contribution in [0.2, 0.25) is 0 Å². The Labute approximate surface area is 72.8 Å². The van der Waals surface area contributed by atoms with E-state index in [2.05, 4.69) is 15.4 Å². The van der Waals surface area contributed by atoms with E-state index in [1.54, 1.807) is 11.3 Å². The number of nitrogens with zero attached hydrogens (tertiary/aromatic N) is 4. The molecule has 2 aromatic heterocycles. The minimum absolute atomic E-state index is 0.325. The van der Waals surface area contributed by atoms with Crippen LogP contribution in [0.5, 0.6) is 0 Å². The molecule has 0 aliphatic rings. The van der Waals surface area contributed by atoms with Crippen molar-refractivity contribution in [3.8, 4) is 5.00 Å². The molecule has 0 spiro atoms. The first-order valence-electron chi connectivity index (χ1n) is 3.43. The number of hydrogen-bond acceptors (Lipinski definition) is 5. The maximum atomic E-state index is 5.34. The van der Waals surface area contributed by atoms with Gasteiger partial charge in [-0.05, 0) is 22.7 Å². The first-order valence-corrected chi connectivity index (χ1v) is 4.31. The van der Waals surface area contributed by atoms with Crippen LogP contribution in [0.25, 0.3) is 5.00 Å². The molecule has 0 aromatic carbocycles. The number of rotatable bonds is 2. The standard InChI is InChI=1S/C6H7N5S/c7-4-5-8-10-11(9-5)6-2-1-3-12-6/h1-3H,4,7H2. The summed E-state index contributed by atoms with van der Waals surface area (Å²) in [6, 6.07) is 3.86. The van der Waals surface area contributed by atoms with E-state index in [1.807, 2.05) is 17.5 Å². The van der Waals surface area contributed by atoms with Crippen LogP contribution in [-0.2, 0) is 6.54 Å². The number of tetrazole rings is 1. The quantitative estimate of drug-likeness (QED) is 0.717. The second-order valence-electron chi connectivity index (χ2n) is 2.15. The lowest BCUT2D eigenvalue weighted by Gasteiger charge is -1.88. The summed E-state index contributed by atoms with van der Waals surface area (Å²) >= 11 is 1.56. The zero-order valence-corrected chi connectivity index (χ0v) is 7.03. The lowest BCUT2D eigenvalue weighted by Crippen LogP contribution is -2.00. The summed E-state index contributed by atoms with van der Waals surface area (Å²) in [7, 11) is 0. The monoisotopic (exact) mass is 181 g/mol. The average Bonchev–Trinajstić information content (AvgIpc) is 2.75. The molecule has 0 amide bonds. The molecule has 2 N–H and O–H groups in total. The molecule has 62 valence electrons. The lowest BCUT2D eigenvalue weighted by atomic mass is 10.6. The summed E-state index contributed by atoms with van der Waals surface area (Å²) in [6.07, 6.45) is 0. The Hall–Kier alpha value is -1.27. The summed E-state index contributed by atoms with van der Waals surface area (Å²) in [4.78, 5) is 1.48. The van der Waals surface area contributed by atoms with Crippen LogP contribution in [-0.4, -0.2) is 20.2 Å². The van der Waals surface area contributed by atoms with E-state index in [9.17, 15) is 0 Å². The maximum Gasteiger partial charge on any atom is 0.188 e. The molecule has 2 aromatic rings. The topological polar surface area (TPSA) is 69.6 Å². The van der Waals surface area contributed by atoms with Crippen molar-refractivity contribution in [2.45, 2.75) is 6.54 Å². The minimum atomic E-state index is 0.325. The number of nitrogens with two attached hydrogens (primary N) is 1. The molecule has 6 heteroatoms. The van der Waals surface area contributed by atoms with Crippen LogP contribution in [0.1, 0.15) is 5.82 Å². The van der Waals surface area contributed by atoms with E-state index in [4.69, 9.17) is 5.73 Å². The predicted octanol–water partition coefficient (Wildman–Crippen LogP) is 0.182. The smallest absolute Gasteiger partial charge is 0.188 e. The third kappa shape index (κ3) is 1.21. The fraction of sp³-hybridized carbons (Fsp3) is 0.167. The van der Waals surface area contributed by atoms with E-state index in [0.29, 0.717) is 12.4 Å². The van der Waals surface area contributed by atoms with Crippen molar-refractivity contribution in [3.05, 3.63) is 23.3 Å². The van der Waals surface area contributed by atoms with Gasteiger partial charge < -0.3 is 5.73 Å². The fourth-order valence-electron chi connectivity index (χ4n) is 0.802. The van der Waals surface area contributed by atoms with Gasteiger partial charge in [0, 0.05) is 0 Å². The summed E-state index contributed by atoms with van der Waals surface area (Å²) in [5.74, 6) is 0.559. The second kappa shape index (κ2) is 3.00. The van der Waals surface area contributed by atoms with Crippen LogP contribution < -0.4 is 5.73 Å². The van der Waals surface area contributed by atoms with Gasteiger partial charge in [0.25, 0.3) is 0 Å². The Kier molecular flexibility index (Phi) is 1.84. The molecule has 0 aliphatic carbocycles. The zero-order chi connectivity index (χ0) is 8.39. The van der Waals surface area contributed by atoms with Crippen molar-refractivity contribution in [1.82, 2.24) is 20.2 Å². The van der Waals surface area contributed by atoms with E-state index in [1.165, 1.54) is 4.80 Å². The second-order valence-corrected chi connectivity index (χ2v) is 3.08. The Bertz CT molecular complexity index is 352. The molecule has 0 fully saturated rings. The van der Waals surface area contributed by atoms with Crippen LogP contribution >= 0.6 is 11.3 Å². The molecule has 2 rings (SSSR count). The van der Waals surface area contributed by atoms with Gasteiger partial charge in [0.15, 0.2) is 5.82 Å². The van der Waals surface area contributed by atoms with Gasteiger partial charge in [0.1, 0.15) is 5.00 Å². The summed E-state index contributed by atoms with van der Waals surface area (Å²) < 4.78 is 0. The Morgan fingerprint density at radius 1 is 1.58 bits per heavy atom. The minimum Gasteiger partial charge on any atom is -0.324 e. The Morgan fingerprint density at radius 2 is 2.50 bits per heavy atom. The normalized spacial score (nSPS) is 10.4. The summed E-state index contributed by atoms with van der Waals surface area (Å²) in [5.41, 5.74) is 5.34. The number of thiophene rings is 1. The fourth-order valence-corrected chi connectivity index (χ4v) is 1.43. The van der Waals surface area contributed by atoms with E-state index >= 15 is 0 Å². The van der Waals surface area contributed by atoms with Crippen LogP contribution in [0.15, 0.2) is 17.5 Å². The van der Waals surface area contributed by atoms with Gasteiger partial charge >= 0.3 is 0 Å². The molecule has 0 radical (unpaired) electrons. The summed E-state index contributed by atoms with van der Waals surface area (Å²) in [5, 5.41) is 14.5. The van der Waals surface area contributed by atoms with Gasteiger partial charge in [-0.3, -0.25) is 0 Å². The maximum absolute atomic E-state index is 5.34. The van der Waals surface area contributed by atoms with Gasteiger partial charge in [-0.25, -0.2) is 0 Å². The molecule has 5 nitrogen and oxygen atoms in total. The molecule has 0 saturated carbocycles. The van der Waals surface area contributed by atoms with Crippen LogP contribution in [0.3, 0.4) is 0 Å². The predicted molar refractivity (Wildman–Crippen MR) is 44.9 cm³/mol. The van der Waals surface area contributed by atoms with Crippen molar-refractivity contribution in [3.63, 3.8) is 0 Å². The molecular formula is C6H7N5S. The molecule has 0 atom stereocenters. The van der Waals surface area contributed by atoms with Crippen LogP contribution in [0, 0.1) is 0 Å². The number of hydrogen-bond donors (Lipinski definition) is 1. The molecule has 0 unspecified atom stereocenters. The van der Waals surface area contributed by atoms with Crippen molar-refractivity contribution < 1.29 is 0 Å². The van der Waals surface area contributed by atoms with Crippen molar-refractivity contribution in [2.75, 3.05) is 0 Å². The molecule has 0 bridgehead atoms. The van der Waals surface area contributed by atoms with E-state index in [0.717, 1.165) is 5.00 Å². The molecule has 0 saturated heterocycles. The van der Waals surface area contributed by atoms with Gasteiger partial charge in [-0.1, -0.05) is 0 Å². The van der Waals surface area contributed by atoms with Gasteiger partial charge in [-0.15, -0.1) is 26.3 Å². The third-order valence-corrected chi connectivity index (χ3v) is 2.17. The highest BCUT2D eigenvalue weighted by atomic mass is 32.1. The highest BCUT2D eigenvalue weighted by Crippen LogP contribution is 2.11. The molecule has 2 heterocycles. The van der Waals surface area contributed by atoms with Crippen molar-refractivity contribution >= 4 is 11.3 Å². The van der Waals surface area contributed by atoms with E-state index in [-0.39, 0.29) is 0 Å².